The van der Waals surface area contributed by atoms with Crippen LogP contribution in [0.15, 0.2) is 72.8 Å². The van der Waals surface area contributed by atoms with E-state index < -0.39 is 17.6 Å². The molecule has 6 rings (SSSR count). The molecule has 8 heteroatoms. The third-order valence-electron chi connectivity index (χ3n) is 9.13. The Bertz CT molecular complexity index is 1650. The van der Waals surface area contributed by atoms with Crippen molar-refractivity contribution >= 4 is 44.9 Å². The molecule has 1 aliphatic heterocycles. The van der Waals surface area contributed by atoms with Gasteiger partial charge in [0.2, 0.25) is 5.91 Å². The number of benzene rings is 3. The standard InChI is InChI=1S/C35H37N3O4S/c1-35(2)19-28-26(30-18-24-6-3-4-9-29(24)43-30)7-5-8-27(28)31(32(39)37-25-16-14-23(15-17-25)34(41)42)38(35)33(40)22-12-10-21(20-36)11-13-22/h3-9,14-18,21-22,31H,10-13,19-20,36H2,1-2H3,(H,37,39)(H,41,42). The van der Waals surface area contributed by atoms with Crippen LogP contribution < -0.4 is 11.1 Å². The molecule has 4 aromatic rings. The van der Waals surface area contributed by atoms with Crippen LogP contribution in [0.5, 0.6) is 0 Å². The topological polar surface area (TPSA) is 113 Å². The Balaban J connectivity index is 1.42. The van der Waals surface area contributed by atoms with Crippen molar-refractivity contribution in [3.8, 4) is 10.4 Å². The Morgan fingerprint density at radius 2 is 1.70 bits per heavy atom. The quantitative estimate of drug-likeness (QED) is 0.225. The van der Waals surface area contributed by atoms with Crippen LogP contribution in [-0.4, -0.2) is 39.9 Å². The molecule has 0 saturated heterocycles. The summed E-state index contributed by atoms with van der Waals surface area (Å²) < 4.78 is 1.20. The normalized spacial score (nSPS) is 21.3. The molecule has 1 aliphatic carbocycles. The highest BCUT2D eigenvalue weighted by molar-refractivity contribution is 7.22. The van der Waals surface area contributed by atoms with E-state index in [1.807, 2.05) is 29.2 Å². The minimum atomic E-state index is -1.03. The molecule has 1 atom stereocenters. The van der Waals surface area contributed by atoms with E-state index in [-0.39, 0.29) is 23.3 Å². The van der Waals surface area contributed by atoms with Crippen LogP contribution in [0.25, 0.3) is 20.5 Å². The van der Waals surface area contributed by atoms with E-state index in [0.29, 0.717) is 24.6 Å². The van der Waals surface area contributed by atoms with Crippen molar-refractivity contribution < 1.29 is 19.5 Å². The lowest BCUT2D eigenvalue weighted by molar-refractivity contribution is -0.151. The number of nitrogens with one attached hydrogen (secondary N) is 1. The van der Waals surface area contributed by atoms with Crippen LogP contribution in [0, 0.1) is 11.8 Å². The number of nitrogens with zero attached hydrogens (tertiary/aromatic N) is 1. The molecular weight excluding hydrogens is 558 g/mol. The first-order chi connectivity index (χ1) is 20.7. The van der Waals surface area contributed by atoms with Crippen LogP contribution in [0.4, 0.5) is 5.69 Å². The van der Waals surface area contributed by atoms with E-state index in [0.717, 1.165) is 47.3 Å². The number of fused-ring (bicyclic) bond motifs is 2. The van der Waals surface area contributed by atoms with Gasteiger partial charge in [-0.25, -0.2) is 4.79 Å². The van der Waals surface area contributed by atoms with E-state index in [4.69, 9.17) is 5.73 Å². The SMILES string of the molecule is CC1(C)Cc2c(-c3cc4ccccc4s3)cccc2C(C(=O)Nc2ccc(C(=O)O)cc2)N1C(=O)C1CCC(CN)CC1. The molecule has 3 aromatic carbocycles. The number of hydrogen-bond donors (Lipinski definition) is 3. The van der Waals surface area contributed by atoms with Gasteiger partial charge in [-0.2, -0.15) is 0 Å². The molecule has 222 valence electrons. The maximum Gasteiger partial charge on any atom is 0.335 e. The summed E-state index contributed by atoms with van der Waals surface area (Å²) in [4.78, 5) is 43.0. The highest BCUT2D eigenvalue weighted by Gasteiger charge is 2.48. The largest absolute Gasteiger partial charge is 0.478 e. The summed E-state index contributed by atoms with van der Waals surface area (Å²) in [6, 6.07) is 21.9. The fourth-order valence-corrected chi connectivity index (χ4v) is 7.96. The first-order valence-electron chi connectivity index (χ1n) is 14.9. The second-order valence-corrected chi connectivity index (χ2v) is 13.5. The fourth-order valence-electron chi connectivity index (χ4n) is 6.84. The summed E-state index contributed by atoms with van der Waals surface area (Å²) >= 11 is 1.73. The summed E-state index contributed by atoms with van der Waals surface area (Å²) in [6.07, 6.45) is 3.99. The van der Waals surface area contributed by atoms with Gasteiger partial charge >= 0.3 is 5.97 Å². The second-order valence-electron chi connectivity index (χ2n) is 12.4. The predicted molar refractivity (Wildman–Crippen MR) is 171 cm³/mol. The number of carboxylic acid groups (broad SMARTS) is 1. The van der Waals surface area contributed by atoms with E-state index in [2.05, 4.69) is 43.4 Å². The van der Waals surface area contributed by atoms with Crippen molar-refractivity contribution in [1.29, 1.82) is 0 Å². The first-order valence-corrected chi connectivity index (χ1v) is 15.8. The van der Waals surface area contributed by atoms with Gasteiger partial charge in [-0.1, -0.05) is 36.4 Å². The Morgan fingerprint density at radius 1 is 0.977 bits per heavy atom. The van der Waals surface area contributed by atoms with Gasteiger partial charge in [-0.05, 0) is 117 Å². The zero-order valence-corrected chi connectivity index (χ0v) is 25.3. The molecule has 2 aliphatic rings. The maximum atomic E-state index is 14.4. The number of carbonyl (C=O) groups excluding carboxylic acids is 2. The number of rotatable bonds is 6. The van der Waals surface area contributed by atoms with Gasteiger partial charge in [-0.3, -0.25) is 9.59 Å². The maximum absolute atomic E-state index is 14.4. The minimum Gasteiger partial charge on any atom is -0.478 e. The van der Waals surface area contributed by atoms with Gasteiger partial charge < -0.3 is 21.1 Å². The number of anilines is 1. The first kappa shape index (κ1) is 29.1. The van der Waals surface area contributed by atoms with Crippen LogP contribution in [0.2, 0.25) is 0 Å². The molecule has 0 spiro atoms. The molecule has 1 aromatic heterocycles. The number of hydrogen-bond acceptors (Lipinski definition) is 5. The monoisotopic (exact) mass is 595 g/mol. The molecular formula is C35H37N3O4S. The van der Waals surface area contributed by atoms with E-state index in [9.17, 15) is 19.5 Å². The molecule has 4 N–H and O–H groups in total. The molecule has 43 heavy (non-hydrogen) atoms. The number of carbonyl (C=O) groups is 3. The van der Waals surface area contributed by atoms with E-state index in [1.54, 1.807) is 23.5 Å². The van der Waals surface area contributed by atoms with Gasteiger partial charge in [0.15, 0.2) is 0 Å². The molecule has 0 radical (unpaired) electrons. The number of carboxylic acids is 1. The van der Waals surface area contributed by atoms with Gasteiger partial charge in [-0.15, -0.1) is 11.3 Å². The van der Waals surface area contributed by atoms with Crippen molar-refractivity contribution in [3.63, 3.8) is 0 Å². The summed E-state index contributed by atoms with van der Waals surface area (Å²) in [7, 11) is 0. The van der Waals surface area contributed by atoms with Crippen molar-refractivity contribution in [1.82, 2.24) is 4.90 Å². The molecule has 1 unspecified atom stereocenters. The van der Waals surface area contributed by atoms with Crippen molar-refractivity contribution in [2.75, 3.05) is 11.9 Å². The van der Waals surface area contributed by atoms with Crippen molar-refractivity contribution in [2.45, 2.75) is 57.5 Å². The molecule has 0 bridgehead atoms. The average Bonchev–Trinajstić information content (AvgIpc) is 3.44. The Labute approximate surface area is 255 Å². The lowest BCUT2D eigenvalue weighted by Crippen LogP contribution is -2.58. The highest BCUT2D eigenvalue weighted by atomic mass is 32.1. The molecule has 2 heterocycles. The predicted octanol–water partition coefficient (Wildman–Crippen LogP) is 6.87. The van der Waals surface area contributed by atoms with Gasteiger partial charge in [0, 0.05) is 26.7 Å². The lowest BCUT2D eigenvalue weighted by atomic mass is 9.76. The van der Waals surface area contributed by atoms with Crippen LogP contribution in [-0.2, 0) is 16.0 Å². The molecule has 7 nitrogen and oxygen atoms in total. The van der Waals surface area contributed by atoms with E-state index >= 15 is 0 Å². The zero-order chi connectivity index (χ0) is 30.3. The number of nitrogens with two attached hydrogens (primary N) is 1. The third kappa shape index (κ3) is 5.57. The average molecular weight is 596 g/mol. The van der Waals surface area contributed by atoms with Crippen LogP contribution in [0.1, 0.15) is 67.1 Å². The van der Waals surface area contributed by atoms with E-state index in [1.165, 1.54) is 22.2 Å². The summed E-state index contributed by atoms with van der Waals surface area (Å²) in [5.41, 5.74) is 8.93. The molecule has 1 saturated carbocycles. The fraction of sp³-hybridized carbons (Fsp3) is 0.343. The third-order valence-corrected chi connectivity index (χ3v) is 10.3. The van der Waals surface area contributed by atoms with Gasteiger partial charge in [0.25, 0.3) is 5.91 Å². The van der Waals surface area contributed by atoms with Gasteiger partial charge in [0.1, 0.15) is 6.04 Å². The zero-order valence-electron chi connectivity index (χ0n) is 24.5. The Morgan fingerprint density at radius 3 is 2.37 bits per heavy atom. The Kier molecular flexibility index (Phi) is 7.83. The molecule has 2 amide bonds. The van der Waals surface area contributed by atoms with Crippen molar-refractivity contribution in [2.24, 2.45) is 17.6 Å². The lowest BCUT2D eigenvalue weighted by Gasteiger charge is -2.50. The summed E-state index contributed by atoms with van der Waals surface area (Å²) in [6.45, 7) is 4.75. The molecule has 1 fully saturated rings. The Hall–Kier alpha value is -4.01. The number of aromatic carboxylic acids is 1. The minimum absolute atomic E-state index is 0.0137. The number of thiophene rings is 1. The summed E-state index contributed by atoms with van der Waals surface area (Å²) in [5, 5.41) is 13.5. The highest BCUT2D eigenvalue weighted by Crippen LogP contribution is 2.46. The number of amides is 2. The second kappa shape index (κ2) is 11.6. The smallest absolute Gasteiger partial charge is 0.335 e. The van der Waals surface area contributed by atoms with Gasteiger partial charge in [0.05, 0.1) is 5.56 Å². The van der Waals surface area contributed by atoms with Crippen LogP contribution >= 0.6 is 11.3 Å². The van der Waals surface area contributed by atoms with Crippen LogP contribution in [0.3, 0.4) is 0 Å². The summed E-state index contributed by atoms with van der Waals surface area (Å²) in [5.74, 6) is -1.04. The van der Waals surface area contributed by atoms with Crippen molar-refractivity contribution in [3.05, 3.63) is 89.5 Å².